The van der Waals surface area contributed by atoms with E-state index in [1.807, 2.05) is 0 Å². The molecule has 0 radical (unpaired) electrons. The molecule has 0 unspecified atom stereocenters. The van der Waals surface area contributed by atoms with Crippen molar-refractivity contribution in [2.45, 2.75) is 0 Å². The molecule has 9 nitrogen and oxygen atoms in total. The van der Waals surface area contributed by atoms with E-state index in [2.05, 4.69) is 0 Å². The third-order valence-electron chi connectivity index (χ3n) is 0. The zero-order valence-electron chi connectivity index (χ0n) is 8.48. The minimum Gasteiger partial charge on any atom is -0.748 e. The van der Waals surface area contributed by atoms with Crippen LogP contribution < -0.4 is 0 Å². The predicted octanol–water partition coefficient (Wildman–Crippen LogP) is -2.52. The van der Waals surface area contributed by atoms with Gasteiger partial charge in [0.2, 0.25) is 0 Å². The first-order valence-electron chi connectivity index (χ1n) is 2.72. The monoisotopic (exact) mass is 330 g/mol. The molecule has 0 rings (SSSR count). The van der Waals surface area contributed by atoms with Crippen molar-refractivity contribution in [3.05, 3.63) is 0 Å². The maximum absolute atomic E-state index is 9.08. The summed E-state index contributed by atoms with van der Waals surface area (Å²) in [6.45, 7) is 0. The number of hydrogen-bond acceptors (Lipinski definition) is 9. The summed E-state index contributed by atoms with van der Waals surface area (Å²) < 4.78 is 81.7. The zero-order valence-corrected chi connectivity index (χ0v) is 12.7. The molecule has 13 heteroatoms. The van der Waals surface area contributed by atoms with Crippen LogP contribution in [-0.2, 0) is 56.2 Å². The second kappa shape index (κ2) is 9.61. The molecule has 0 saturated heterocycles. The number of hydrogen-bond donors (Lipinski definition) is 0. The van der Waals surface area contributed by atoms with E-state index >= 15 is 0 Å². The Balaban J connectivity index is -0.0000000655. The quantitative estimate of drug-likeness (QED) is 0.434. The molecule has 0 saturated carbocycles. The van der Waals surface area contributed by atoms with Gasteiger partial charge in [0, 0.05) is 18.8 Å². The molecule has 0 aromatic rings. The van der Waals surface area contributed by atoms with Crippen LogP contribution in [0.4, 0.5) is 0 Å². The minimum atomic E-state index is -3.92. The van der Waals surface area contributed by atoms with Crippen molar-refractivity contribution < 1.29 is 64.8 Å². The van der Waals surface area contributed by atoms with Gasteiger partial charge in [0.25, 0.3) is 0 Å². The van der Waals surface area contributed by atoms with Crippen LogP contribution in [-0.4, -0.2) is 57.7 Å². The first kappa shape index (κ1) is 25.4. The van der Waals surface area contributed by atoms with Crippen molar-refractivity contribution in [3.8, 4) is 0 Å². The standard InChI is InChI=1S/3CH4O3S.Sc/c3*1-5(2,3)4;/h3*1H3,(H,2,3,4);/q;;;+3/p-3. The van der Waals surface area contributed by atoms with E-state index in [-0.39, 0.29) is 25.8 Å². The molecule has 0 spiro atoms. The van der Waals surface area contributed by atoms with E-state index in [0.717, 1.165) is 0 Å². The SMILES string of the molecule is CS(=O)(=O)[O-].CS(=O)(=O)[O-].CS(=O)(=O)[O-].[Sc+3]. The van der Waals surface area contributed by atoms with Crippen LogP contribution in [0.25, 0.3) is 0 Å². The molecule has 16 heavy (non-hydrogen) atoms. The largest absolute Gasteiger partial charge is 3.00 e. The van der Waals surface area contributed by atoms with Gasteiger partial charge in [0.05, 0.1) is 30.4 Å². The Labute approximate surface area is 113 Å². The van der Waals surface area contributed by atoms with Gasteiger partial charge in [-0.25, -0.2) is 25.3 Å². The molecule has 0 N–H and O–H groups in total. The molecule has 0 atom stereocenters. The van der Waals surface area contributed by atoms with Gasteiger partial charge in [0.1, 0.15) is 0 Å². The Kier molecular flexibility index (Phi) is 15.3. The summed E-state index contributed by atoms with van der Waals surface area (Å²) in [6, 6.07) is 0. The molecule has 0 aromatic heterocycles. The van der Waals surface area contributed by atoms with E-state index in [1.165, 1.54) is 0 Å². The summed E-state index contributed by atoms with van der Waals surface area (Å²) in [5, 5.41) is 0. The molecule has 0 heterocycles. The number of rotatable bonds is 0. The zero-order chi connectivity index (χ0) is 13.5. The fourth-order valence-electron chi connectivity index (χ4n) is 0. The van der Waals surface area contributed by atoms with Crippen LogP contribution in [0, 0.1) is 0 Å². The topological polar surface area (TPSA) is 172 Å². The van der Waals surface area contributed by atoms with Crippen molar-refractivity contribution in [2.75, 3.05) is 18.8 Å². The van der Waals surface area contributed by atoms with Crippen LogP contribution in [0.3, 0.4) is 0 Å². The van der Waals surface area contributed by atoms with Gasteiger partial charge in [-0.1, -0.05) is 0 Å². The van der Waals surface area contributed by atoms with E-state index in [0.29, 0.717) is 18.8 Å². The summed E-state index contributed by atoms with van der Waals surface area (Å²) in [4.78, 5) is 0. The molecule has 0 bridgehead atoms. The van der Waals surface area contributed by atoms with E-state index < -0.39 is 30.4 Å². The molecule has 0 amide bonds. The van der Waals surface area contributed by atoms with Gasteiger partial charge in [-0.3, -0.25) is 0 Å². The Morgan fingerprint density at radius 3 is 0.562 bits per heavy atom. The maximum Gasteiger partial charge on any atom is 3.00 e. The van der Waals surface area contributed by atoms with E-state index in [1.54, 1.807) is 0 Å². The van der Waals surface area contributed by atoms with Crippen LogP contribution in [0.15, 0.2) is 0 Å². The average Bonchev–Trinajstić information content (AvgIpc) is 1.41. The van der Waals surface area contributed by atoms with Crippen molar-refractivity contribution >= 4 is 30.4 Å². The van der Waals surface area contributed by atoms with Gasteiger partial charge in [-0.05, 0) is 0 Å². The van der Waals surface area contributed by atoms with Crippen LogP contribution in [0.2, 0.25) is 0 Å². The molecule has 0 aliphatic heterocycles. The van der Waals surface area contributed by atoms with Gasteiger partial charge >= 0.3 is 25.8 Å². The molecule has 0 aromatic carbocycles. The molecule has 0 aliphatic carbocycles. The van der Waals surface area contributed by atoms with E-state index in [9.17, 15) is 0 Å². The molecule has 96 valence electrons. The Morgan fingerprint density at radius 2 is 0.562 bits per heavy atom. The smallest absolute Gasteiger partial charge is 0.748 e. The summed E-state index contributed by atoms with van der Waals surface area (Å²) in [7, 11) is -11.8. The van der Waals surface area contributed by atoms with Crippen LogP contribution >= 0.6 is 0 Å². The van der Waals surface area contributed by atoms with Gasteiger partial charge in [-0.2, -0.15) is 0 Å². The maximum atomic E-state index is 9.08. The first-order chi connectivity index (χ1) is 6.00. The fourth-order valence-corrected chi connectivity index (χ4v) is 0. The van der Waals surface area contributed by atoms with Crippen molar-refractivity contribution in [1.82, 2.24) is 0 Å². The van der Waals surface area contributed by atoms with Crippen molar-refractivity contribution in [1.29, 1.82) is 0 Å². The fraction of sp³-hybridized carbons (Fsp3) is 1.00. The summed E-state index contributed by atoms with van der Waals surface area (Å²) in [5.41, 5.74) is 0. The van der Waals surface area contributed by atoms with Gasteiger partial charge in [0.15, 0.2) is 0 Å². The van der Waals surface area contributed by atoms with Gasteiger partial charge < -0.3 is 13.7 Å². The Hall–Kier alpha value is 0.600. The second-order valence-corrected chi connectivity index (χ2v) is 6.34. The third-order valence-corrected chi connectivity index (χ3v) is 0. The Morgan fingerprint density at radius 1 is 0.562 bits per heavy atom. The van der Waals surface area contributed by atoms with Crippen molar-refractivity contribution in [3.63, 3.8) is 0 Å². The summed E-state index contributed by atoms with van der Waals surface area (Å²) in [6.07, 6.45) is 1.81. The minimum absolute atomic E-state index is 0. The van der Waals surface area contributed by atoms with Crippen LogP contribution in [0.5, 0.6) is 0 Å². The third kappa shape index (κ3) is 7500. The predicted molar refractivity (Wildman–Crippen MR) is 46.9 cm³/mol. The molecule has 0 aliphatic rings. The second-order valence-electron chi connectivity index (χ2n) is 2.11. The van der Waals surface area contributed by atoms with Gasteiger partial charge in [-0.15, -0.1) is 0 Å². The summed E-state index contributed by atoms with van der Waals surface area (Å²) >= 11 is 0. The van der Waals surface area contributed by atoms with Crippen molar-refractivity contribution in [2.24, 2.45) is 0 Å². The van der Waals surface area contributed by atoms with E-state index in [4.69, 9.17) is 38.9 Å². The first-order valence-corrected chi connectivity index (χ1v) is 8.17. The molecular weight excluding hydrogens is 321 g/mol. The Bertz CT molecular complexity index is 347. The normalized spacial score (nSPS) is 10.9. The molecular formula is C3H9O9S3Sc. The molecule has 0 fully saturated rings. The summed E-state index contributed by atoms with van der Waals surface area (Å²) in [5.74, 6) is 0. The average molecular weight is 330 g/mol. The van der Waals surface area contributed by atoms with Crippen LogP contribution in [0.1, 0.15) is 0 Å².